The van der Waals surface area contributed by atoms with Gasteiger partial charge in [0, 0.05) is 17.2 Å². The Bertz CT molecular complexity index is 1230. The second-order valence-electron chi connectivity index (χ2n) is 6.30. The summed E-state index contributed by atoms with van der Waals surface area (Å²) in [4.78, 5) is 18.9. The van der Waals surface area contributed by atoms with E-state index in [0.717, 1.165) is 28.1 Å². The second-order valence-corrected chi connectivity index (χ2v) is 10.4. The van der Waals surface area contributed by atoms with Crippen LogP contribution in [-0.2, 0) is 22.1 Å². The molecule has 2 heterocycles. The lowest BCUT2D eigenvalue weighted by molar-refractivity contribution is 0.234. The van der Waals surface area contributed by atoms with Crippen molar-refractivity contribution in [1.82, 2.24) is 9.55 Å². The summed E-state index contributed by atoms with van der Waals surface area (Å²) >= 11 is 2.78. The normalized spacial score (nSPS) is 12.0. The van der Waals surface area contributed by atoms with Crippen LogP contribution in [0.15, 0.2) is 51.8 Å². The smallest absolute Gasteiger partial charge is 0.283 e. The van der Waals surface area contributed by atoms with Gasteiger partial charge in [-0.1, -0.05) is 30.0 Å². The van der Waals surface area contributed by atoms with Crippen molar-refractivity contribution in [2.75, 3.05) is 0 Å². The Labute approximate surface area is 175 Å². The number of halogens is 2. The van der Waals surface area contributed by atoms with E-state index in [9.17, 15) is 22.0 Å². The molecule has 0 saturated heterocycles. The van der Waals surface area contributed by atoms with Gasteiger partial charge in [-0.2, -0.15) is 8.78 Å². The van der Waals surface area contributed by atoms with Crippen molar-refractivity contribution in [3.8, 4) is 0 Å². The molecule has 0 aliphatic heterocycles. The van der Waals surface area contributed by atoms with Crippen molar-refractivity contribution in [3.63, 3.8) is 0 Å². The van der Waals surface area contributed by atoms with Crippen molar-refractivity contribution in [3.05, 3.63) is 63.3 Å². The number of aryl methyl sites for hydroxylation is 2. The first-order valence-corrected chi connectivity index (χ1v) is 11.9. The molecule has 0 aliphatic rings. The molecular formula is C19H18F2N2O3S3. The molecule has 10 heteroatoms. The Balaban J connectivity index is 1.91. The number of hydrogen-bond donors (Lipinski definition) is 0. The molecule has 5 nitrogen and oxygen atoms in total. The average molecular weight is 457 g/mol. The van der Waals surface area contributed by atoms with E-state index < -0.39 is 20.5 Å². The van der Waals surface area contributed by atoms with Crippen molar-refractivity contribution >= 4 is 43.2 Å². The minimum Gasteiger partial charge on any atom is -0.283 e. The van der Waals surface area contributed by atoms with Crippen LogP contribution in [0.5, 0.6) is 0 Å². The third-order valence-corrected chi connectivity index (χ3v) is 7.97. The molecule has 0 unspecified atom stereocenters. The molecule has 0 N–H and O–H groups in total. The highest BCUT2D eigenvalue weighted by Gasteiger charge is 2.26. The Morgan fingerprint density at radius 2 is 1.93 bits per heavy atom. The van der Waals surface area contributed by atoms with Crippen molar-refractivity contribution in [1.29, 1.82) is 0 Å². The molecule has 0 spiro atoms. The van der Waals surface area contributed by atoms with Crippen LogP contribution in [0.2, 0.25) is 0 Å². The first kappa shape index (κ1) is 21.7. The van der Waals surface area contributed by atoms with Gasteiger partial charge < -0.3 is 0 Å². The summed E-state index contributed by atoms with van der Waals surface area (Å²) in [5, 5.41) is 1.13. The maximum Gasteiger partial charge on any atom is 0.341 e. The number of allylic oxidation sites excluding steroid dienone is 1. The Morgan fingerprint density at radius 1 is 1.28 bits per heavy atom. The lowest BCUT2D eigenvalue weighted by atomic mass is 10.2. The lowest BCUT2D eigenvalue weighted by Crippen LogP contribution is -2.22. The fourth-order valence-electron chi connectivity index (χ4n) is 2.74. The molecule has 0 fully saturated rings. The van der Waals surface area contributed by atoms with E-state index in [2.05, 4.69) is 11.6 Å². The van der Waals surface area contributed by atoms with E-state index in [0.29, 0.717) is 27.7 Å². The number of thioether (sulfide) groups is 1. The van der Waals surface area contributed by atoms with Crippen LogP contribution in [-0.4, -0.2) is 23.7 Å². The minimum atomic E-state index is -4.61. The predicted molar refractivity (Wildman–Crippen MR) is 113 cm³/mol. The first-order valence-electron chi connectivity index (χ1n) is 8.52. The molecule has 2 aromatic heterocycles. The SMILES string of the molecule is C=CCn1c(SCc2ccc(S(=O)(=O)C(F)F)cc2)nc2sc(C)c(C)c2c1=O. The first-order chi connectivity index (χ1) is 13.7. The highest BCUT2D eigenvalue weighted by atomic mass is 32.2. The van der Waals surface area contributed by atoms with Gasteiger partial charge in [0.05, 0.1) is 10.3 Å². The third kappa shape index (κ3) is 4.15. The highest BCUT2D eigenvalue weighted by molar-refractivity contribution is 7.98. The number of alkyl halides is 2. The molecule has 3 aromatic rings. The molecule has 0 atom stereocenters. The Kier molecular flexibility index (Phi) is 6.25. The molecule has 1 aromatic carbocycles. The zero-order valence-electron chi connectivity index (χ0n) is 15.7. The largest absolute Gasteiger partial charge is 0.341 e. The summed E-state index contributed by atoms with van der Waals surface area (Å²) in [6, 6.07) is 5.29. The number of hydrogen-bond acceptors (Lipinski definition) is 6. The Hall–Kier alpha value is -2.04. The predicted octanol–water partition coefficient (Wildman–Crippen LogP) is 4.55. The summed E-state index contributed by atoms with van der Waals surface area (Å²) < 4.78 is 49.9. The zero-order valence-corrected chi connectivity index (χ0v) is 18.1. The molecule has 0 radical (unpaired) electrons. The maximum absolute atomic E-state index is 12.9. The summed E-state index contributed by atoms with van der Waals surface area (Å²) in [5.74, 6) is -3.06. The van der Waals surface area contributed by atoms with Crippen LogP contribution in [0.25, 0.3) is 10.2 Å². The summed E-state index contributed by atoms with van der Waals surface area (Å²) in [7, 11) is -4.61. The van der Waals surface area contributed by atoms with Gasteiger partial charge in [-0.05, 0) is 37.1 Å². The third-order valence-electron chi connectivity index (χ3n) is 4.42. The summed E-state index contributed by atoms with van der Waals surface area (Å²) in [6.07, 6.45) is 1.62. The number of sulfone groups is 1. The fraction of sp³-hybridized carbons (Fsp3) is 0.263. The maximum atomic E-state index is 12.9. The van der Waals surface area contributed by atoms with Crippen LogP contribution < -0.4 is 5.56 Å². The number of aromatic nitrogens is 2. The Morgan fingerprint density at radius 3 is 2.52 bits per heavy atom. The van der Waals surface area contributed by atoms with E-state index in [4.69, 9.17) is 0 Å². The van der Waals surface area contributed by atoms with Crippen LogP contribution in [0.3, 0.4) is 0 Å². The van der Waals surface area contributed by atoms with Gasteiger partial charge in [0.2, 0.25) is 9.84 Å². The van der Waals surface area contributed by atoms with Gasteiger partial charge in [-0.3, -0.25) is 9.36 Å². The highest BCUT2D eigenvalue weighted by Crippen LogP contribution is 2.29. The van der Waals surface area contributed by atoms with E-state index in [1.54, 1.807) is 10.6 Å². The van der Waals surface area contributed by atoms with Crippen molar-refractivity contribution < 1.29 is 17.2 Å². The van der Waals surface area contributed by atoms with Gasteiger partial charge in [0.15, 0.2) is 5.16 Å². The molecule has 29 heavy (non-hydrogen) atoms. The number of benzene rings is 1. The van der Waals surface area contributed by atoms with E-state index in [1.807, 2.05) is 13.8 Å². The van der Waals surface area contributed by atoms with E-state index in [1.165, 1.54) is 35.2 Å². The molecule has 154 valence electrons. The van der Waals surface area contributed by atoms with E-state index >= 15 is 0 Å². The number of rotatable bonds is 7. The van der Waals surface area contributed by atoms with E-state index in [-0.39, 0.29) is 5.56 Å². The molecule has 0 saturated carbocycles. The molecule has 3 rings (SSSR count). The monoisotopic (exact) mass is 456 g/mol. The number of nitrogens with zero attached hydrogens (tertiary/aromatic N) is 2. The molecule has 0 bridgehead atoms. The fourth-order valence-corrected chi connectivity index (χ4v) is 5.49. The molecular weight excluding hydrogens is 438 g/mol. The van der Waals surface area contributed by atoms with Gasteiger partial charge in [0.25, 0.3) is 5.56 Å². The van der Waals surface area contributed by atoms with Gasteiger partial charge in [-0.25, -0.2) is 13.4 Å². The van der Waals surface area contributed by atoms with Crippen LogP contribution in [0, 0.1) is 13.8 Å². The van der Waals surface area contributed by atoms with Crippen LogP contribution >= 0.6 is 23.1 Å². The molecule has 0 aliphatic carbocycles. The standard InChI is InChI=1S/C19H18F2N2O3S3/c1-4-9-23-17(24)15-11(2)12(3)28-16(15)22-19(23)27-10-13-5-7-14(8-6-13)29(25,26)18(20)21/h4-8,18H,1,9-10H2,2-3H3. The topological polar surface area (TPSA) is 69.0 Å². The van der Waals surface area contributed by atoms with Crippen molar-refractivity contribution in [2.24, 2.45) is 0 Å². The van der Waals surface area contributed by atoms with Crippen molar-refractivity contribution in [2.45, 2.75) is 42.0 Å². The molecule has 0 amide bonds. The summed E-state index contributed by atoms with van der Waals surface area (Å²) in [6.45, 7) is 7.85. The zero-order chi connectivity index (χ0) is 21.3. The quantitative estimate of drug-likeness (QED) is 0.296. The van der Waals surface area contributed by atoms with Crippen LogP contribution in [0.4, 0.5) is 8.78 Å². The lowest BCUT2D eigenvalue weighted by Gasteiger charge is -2.10. The van der Waals surface area contributed by atoms with Gasteiger partial charge in [0.1, 0.15) is 4.83 Å². The van der Waals surface area contributed by atoms with Crippen LogP contribution in [0.1, 0.15) is 16.0 Å². The average Bonchev–Trinajstić information content (AvgIpc) is 2.97. The second kappa shape index (κ2) is 8.37. The minimum absolute atomic E-state index is 0.127. The number of thiophene rings is 1. The number of fused-ring (bicyclic) bond motifs is 1. The van der Waals surface area contributed by atoms with Gasteiger partial charge >= 0.3 is 5.76 Å². The van der Waals surface area contributed by atoms with Gasteiger partial charge in [-0.15, -0.1) is 17.9 Å². The summed E-state index contributed by atoms with van der Waals surface area (Å²) in [5.41, 5.74) is 1.52.